The summed E-state index contributed by atoms with van der Waals surface area (Å²) in [5.41, 5.74) is 0. The maximum Gasteiger partial charge on any atom is 0.0585 e. The molecule has 1 heterocycles. The minimum Gasteiger partial charge on any atom is -0.395 e. The van der Waals surface area contributed by atoms with Gasteiger partial charge in [-0.1, -0.05) is 6.92 Å². The zero-order valence-electron chi connectivity index (χ0n) is 6.25. The van der Waals surface area contributed by atoms with Gasteiger partial charge in [0, 0.05) is 17.1 Å². The summed E-state index contributed by atoms with van der Waals surface area (Å²) < 4.78 is 5.20. The second-order valence-electron chi connectivity index (χ2n) is 2.61. The Morgan fingerprint density at radius 1 is 1.80 bits per heavy atom. The van der Waals surface area contributed by atoms with E-state index in [9.17, 15) is 0 Å². The first-order valence-corrected chi connectivity index (χ1v) is 4.61. The summed E-state index contributed by atoms with van der Waals surface area (Å²) in [6.07, 6.45) is 1.15. The Labute approximate surface area is 66.0 Å². The molecule has 10 heavy (non-hydrogen) atoms. The number of hydrogen-bond acceptors (Lipinski definition) is 3. The molecule has 0 spiro atoms. The van der Waals surface area contributed by atoms with Crippen molar-refractivity contribution in [3.8, 4) is 0 Å². The van der Waals surface area contributed by atoms with E-state index in [1.807, 2.05) is 18.7 Å². The van der Waals surface area contributed by atoms with Crippen LogP contribution >= 0.6 is 11.8 Å². The Hall–Kier alpha value is 0.270. The third-order valence-corrected chi connectivity index (χ3v) is 2.94. The summed E-state index contributed by atoms with van der Waals surface area (Å²) >= 11 is 1.83. The van der Waals surface area contributed by atoms with Crippen LogP contribution in [0.1, 0.15) is 13.3 Å². The summed E-state index contributed by atoms with van der Waals surface area (Å²) in [6.45, 7) is 4.09. The lowest BCUT2D eigenvalue weighted by molar-refractivity contribution is 0.199. The summed E-state index contributed by atoms with van der Waals surface area (Å²) in [7, 11) is 0. The Morgan fingerprint density at radius 3 is 3.10 bits per heavy atom. The summed E-state index contributed by atoms with van der Waals surface area (Å²) in [5, 5.41) is 9.73. The zero-order chi connectivity index (χ0) is 7.40. The van der Waals surface area contributed by atoms with Gasteiger partial charge in [-0.05, 0) is 6.42 Å². The first kappa shape index (κ1) is 8.37. The van der Waals surface area contributed by atoms with Crippen LogP contribution in [0.15, 0.2) is 0 Å². The highest BCUT2D eigenvalue weighted by Crippen LogP contribution is 2.23. The van der Waals surface area contributed by atoms with E-state index in [4.69, 9.17) is 9.84 Å². The first-order chi connectivity index (χ1) is 4.83. The van der Waals surface area contributed by atoms with E-state index in [1.54, 1.807) is 0 Å². The van der Waals surface area contributed by atoms with Crippen LogP contribution in [0.2, 0.25) is 0 Å². The molecule has 0 aromatic rings. The predicted molar refractivity (Wildman–Crippen MR) is 43.4 cm³/mol. The van der Waals surface area contributed by atoms with Crippen molar-refractivity contribution in [2.45, 2.75) is 23.8 Å². The van der Waals surface area contributed by atoms with Gasteiger partial charge in [0.05, 0.1) is 13.2 Å². The van der Waals surface area contributed by atoms with E-state index in [-0.39, 0.29) is 6.61 Å². The van der Waals surface area contributed by atoms with E-state index < -0.39 is 0 Å². The molecule has 1 N–H and O–H groups in total. The number of aliphatic hydroxyl groups excluding tert-OH is 1. The highest BCUT2D eigenvalue weighted by Gasteiger charge is 2.18. The van der Waals surface area contributed by atoms with Crippen LogP contribution in [0.25, 0.3) is 0 Å². The summed E-state index contributed by atoms with van der Waals surface area (Å²) in [6, 6.07) is 0. The lowest BCUT2D eigenvalue weighted by Crippen LogP contribution is -2.10. The van der Waals surface area contributed by atoms with Crippen LogP contribution in [0.3, 0.4) is 0 Å². The van der Waals surface area contributed by atoms with Crippen LogP contribution in [0.5, 0.6) is 0 Å². The molecule has 0 aromatic carbocycles. The summed E-state index contributed by atoms with van der Waals surface area (Å²) in [4.78, 5) is 0. The van der Waals surface area contributed by atoms with E-state index in [0.717, 1.165) is 19.6 Å². The maximum absolute atomic E-state index is 8.73. The van der Waals surface area contributed by atoms with E-state index in [0.29, 0.717) is 10.5 Å². The molecule has 0 aliphatic carbocycles. The molecule has 2 nitrogen and oxygen atoms in total. The fraction of sp³-hybridized carbons (Fsp3) is 1.00. The van der Waals surface area contributed by atoms with Gasteiger partial charge in [-0.15, -0.1) is 0 Å². The molecular weight excluding hydrogens is 148 g/mol. The predicted octanol–water partition coefficient (Wildman–Crippen LogP) is 0.889. The Balaban J connectivity index is 2.11. The Kier molecular flexibility index (Phi) is 3.52. The number of rotatable bonds is 3. The Morgan fingerprint density at radius 2 is 2.60 bits per heavy atom. The van der Waals surface area contributed by atoms with E-state index in [2.05, 4.69) is 0 Å². The van der Waals surface area contributed by atoms with Gasteiger partial charge in [0.2, 0.25) is 0 Å². The SMILES string of the molecule is CC(CO)SC1CCOC1. The molecule has 1 aliphatic heterocycles. The number of thioether (sulfide) groups is 1. The standard InChI is InChI=1S/C7H14O2S/c1-6(4-8)10-7-2-3-9-5-7/h6-8H,2-5H2,1H3. The maximum atomic E-state index is 8.73. The first-order valence-electron chi connectivity index (χ1n) is 3.67. The molecule has 0 radical (unpaired) electrons. The zero-order valence-corrected chi connectivity index (χ0v) is 7.06. The van der Waals surface area contributed by atoms with Crippen LogP contribution in [-0.4, -0.2) is 35.4 Å². The van der Waals surface area contributed by atoms with Gasteiger partial charge < -0.3 is 9.84 Å². The number of ether oxygens (including phenoxy) is 1. The average molecular weight is 162 g/mol. The topological polar surface area (TPSA) is 29.5 Å². The minimum absolute atomic E-state index is 0.279. The van der Waals surface area contributed by atoms with Crippen molar-refractivity contribution in [2.75, 3.05) is 19.8 Å². The van der Waals surface area contributed by atoms with Gasteiger partial charge >= 0.3 is 0 Å². The highest BCUT2D eigenvalue weighted by molar-refractivity contribution is 8.00. The van der Waals surface area contributed by atoms with Crippen molar-refractivity contribution in [3.63, 3.8) is 0 Å². The van der Waals surface area contributed by atoms with E-state index >= 15 is 0 Å². The minimum atomic E-state index is 0.279. The van der Waals surface area contributed by atoms with Crippen molar-refractivity contribution < 1.29 is 9.84 Å². The fourth-order valence-corrected chi connectivity index (χ4v) is 2.14. The van der Waals surface area contributed by atoms with Crippen LogP contribution in [-0.2, 0) is 4.74 Å². The molecule has 2 unspecified atom stereocenters. The van der Waals surface area contributed by atoms with Crippen molar-refractivity contribution in [2.24, 2.45) is 0 Å². The van der Waals surface area contributed by atoms with Gasteiger partial charge in [0.1, 0.15) is 0 Å². The number of aliphatic hydroxyl groups is 1. The summed E-state index contributed by atoms with van der Waals surface area (Å²) in [5.74, 6) is 0. The van der Waals surface area contributed by atoms with Crippen molar-refractivity contribution in [1.82, 2.24) is 0 Å². The second kappa shape index (κ2) is 4.21. The van der Waals surface area contributed by atoms with Crippen LogP contribution in [0, 0.1) is 0 Å². The molecule has 0 amide bonds. The third kappa shape index (κ3) is 2.48. The molecule has 0 aromatic heterocycles. The Bertz CT molecular complexity index is 91.6. The molecule has 0 bridgehead atoms. The molecular formula is C7H14O2S. The van der Waals surface area contributed by atoms with Gasteiger partial charge in [0.15, 0.2) is 0 Å². The average Bonchev–Trinajstić information content (AvgIpc) is 2.40. The monoisotopic (exact) mass is 162 g/mol. The van der Waals surface area contributed by atoms with Crippen LogP contribution < -0.4 is 0 Å². The lowest BCUT2D eigenvalue weighted by atomic mass is 10.4. The quantitative estimate of drug-likeness (QED) is 0.668. The van der Waals surface area contributed by atoms with Gasteiger partial charge in [-0.25, -0.2) is 0 Å². The van der Waals surface area contributed by atoms with Crippen molar-refractivity contribution >= 4 is 11.8 Å². The normalized spacial score (nSPS) is 28.8. The second-order valence-corrected chi connectivity index (χ2v) is 4.36. The lowest BCUT2D eigenvalue weighted by Gasteiger charge is -2.11. The molecule has 1 rings (SSSR count). The smallest absolute Gasteiger partial charge is 0.0585 e. The van der Waals surface area contributed by atoms with Crippen molar-refractivity contribution in [3.05, 3.63) is 0 Å². The molecule has 0 saturated carbocycles. The number of hydrogen-bond donors (Lipinski definition) is 1. The molecule has 1 fully saturated rings. The molecule has 1 saturated heterocycles. The van der Waals surface area contributed by atoms with Gasteiger partial charge in [-0.3, -0.25) is 0 Å². The largest absolute Gasteiger partial charge is 0.395 e. The fourth-order valence-electron chi connectivity index (χ4n) is 0.992. The molecule has 3 heteroatoms. The molecule has 2 atom stereocenters. The highest BCUT2D eigenvalue weighted by atomic mass is 32.2. The molecule has 1 aliphatic rings. The van der Waals surface area contributed by atoms with Gasteiger partial charge in [0.25, 0.3) is 0 Å². The molecule has 60 valence electrons. The van der Waals surface area contributed by atoms with E-state index in [1.165, 1.54) is 0 Å². The van der Waals surface area contributed by atoms with Gasteiger partial charge in [-0.2, -0.15) is 11.8 Å². The van der Waals surface area contributed by atoms with Crippen LogP contribution in [0.4, 0.5) is 0 Å². The van der Waals surface area contributed by atoms with Crippen molar-refractivity contribution in [1.29, 1.82) is 0 Å². The third-order valence-electron chi connectivity index (χ3n) is 1.57.